The summed E-state index contributed by atoms with van der Waals surface area (Å²) in [5.74, 6) is -0.381. The van der Waals surface area contributed by atoms with Gasteiger partial charge in [0, 0.05) is 35.7 Å². The first-order valence-electron chi connectivity index (χ1n) is 9.76. The van der Waals surface area contributed by atoms with Gasteiger partial charge in [-0.1, -0.05) is 36.4 Å². The molecule has 0 radical (unpaired) electrons. The van der Waals surface area contributed by atoms with Crippen molar-refractivity contribution in [3.05, 3.63) is 83.0 Å². The highest BCUT2D eigenvalue weighted by atomic mass is 19.1. The van der Waals surface area contributed by atoms with Gasteiger partial charge in [0.2, 0.25) is 0 Å². The molecular weight excluding hydrogens is 399 g/mol. The van der Waals surface area contributed by atoms with Gasteiger partial charge in [-0.15, -0.1) is 0 Å². The Morgan fingerprint density at radius 1 is 1.13 bits per heavy atom. The number of nitrogens with zero attached hydrogens (tertiary/aromatic N) is 1. The molecule has 1 heterocycles. The van der Waals surface area contributed by atoms with Crippen molar-refractivity contribution in [2.75, 3.05) is 0 Å². The van der Waals surface area contributed by atoms with E-state index in [9.17, 15) is 4.79 Å². The quantitative estimate of drug-likeness (QED) is 0.453. The number of aliphatic carboxylic acids is 1. The Bertz CT molecular complexity index is 1270. The summed E-state index contributed by atoms with van der Waals surface area (Å²) >= 11 is 0. The minimum Gasteiger partial charge on any atom is -0.489 e. The Hall–Kier alpha value is -3.71. The zero-order valence-corrected chi connectivity index (χ0v) is 16.9. The van der Waals surface area contributed by atoms with Gasteiger partial charge < -0.3 is 20.0 Å². The molecule has 0 fully saturated rings. The standard InChI is InChI=1S/C24H21FN2O4/c1-14-27-20-10-15(13-30-21-8-3-2-5-16(21)11-22(28)29)9-19(24(20)31-14)18-7-4-6-17(12-26)23(18)25/h2-10H,11-13,26H2,1H3,(H,28,29). The number of rotatable bonds is 7. The van der Waals surface area contributed by atoms with Gasteiger partial charge in [-0.2, -0.15) is 0 Å². The van der Waals surface area contributed by atoms with E-state index in [1.165, 1.54) is 0 Å². The number of halogens is 1. The van der Waals surface area contributed by atoms with Crippen LogP contribution in [0.5, 0.6) is 5.75 Å². The number of fused-ring (bicyclic) bond motifs is 1. The zero-order valence-electron chi connectivity index (χ0n) is 16.9. The van der Waals surface area contributed by atoms with Crippen LogP contribution in [0.15, 0.2) is 59.0 Å². The van der Waals surface area contributed by atoms with Crippen LogP contribution in [0.3, 0.4) is 0 Å². The van der Waals surface area contributed by atoms with Crippen LogP contribution in [0.4, 0.5) is 4.39 Å². The highest BCUT2D eigenvalue weighted by molar-refractivity contribution is 5.91. The van der Waals surface area contributed by atoms with E-state index in [1.807, 2.05) is 6.07 Å². The maximum atomic E-state index is 15.0. The van der Waals surface area contributed by atoms with E-state index in [1.54, 1.807) is 55.5 Å². The molecule has 0 aliphatic carbocycles. The summed E-state index contributed by atoms with van der Waals surface area (Å²) in [4.78, 5) is 15.5. The molecule has 1 aromatic heterocycles. The Labute approximate surface area is 178 Å². The zero-order chi connectivity index (χ0) is 22.0. The average Bonchev–Trinajstić information content (AvgIpc) is 3.12. The average molecular weight is 420 g/mol. The van der Waals surface area contributed by atoms with E-state index < -0.39 is 11.8 Å². The van der Waals surface area contributed by atoms with E-state index in [4.69, 9.17) is 20.0 Å². The molecule has 0 saturated carbocycles. The van der Waals surface area contributed by atoms with Crippen LogP contribution in [0.1, 0.15) is 22.6 Å². The molecule has 0 atom stereocenters. The first-order chi connectivity index (χ1) is 15.0. The Balaban J connectivity index is 1.73. The van der Waals surface area contributed by atoms with Crippen LogP contribution in [-0.4, -0.2) is 16.1 Å². The largest absolute Gasteiger partial charge is 0.489 e. The van der Waals surface area contributed by atoms with Gasteiger partial charge in [-0.05, 0) is 23.8 Å². The number of nitrogens with two attached hydrogens (primary N) is 1. The number of aromatic nitrogens is 1. The Morgan fingerprint density at radius 3 is 2.68 bits per heavy atom. The fourth-order valence-corrected chi connectivity index (χ4v) is 3.55. The molecular formula is C24H21FN2O4. The number of carbonyl (C=O) groups is 1. The predicted octanol–water partition coefficient (Wildman–Crippen LogP) is 4.61. The molecule has 0 amide bonds. The first kappa shape index (κ1) is 20.6. The molecule has 0 bridgehead atoms. The summed E-state index contributed by atoms with van der Waals surface area (Å²) in [5.41, 5.74) is 9.41. The minimum absolute atomic E-state index is 0.0847. The smallest absolute Gasteiger partial charge is 0.307 e. The molecule has 0 aliphatic rings. The van der Waals surface area contributed by atoms with Gasteiger partial charge in [0.15, 0.2) is 11.5 Å². The fourth-order valence-electron chi connectivity index (χ4n) is 3.55. The number of carboxylic acids is 1. The molecule has 0 spiro atoms. The van der Waals surface area contributed by atoms with Gasteiger partial charge >= 0.3 is 5.97 Å². The topological polar surface area (TPSA) is 98.6 Å². The van der Waals surface area contributed by atoms with E-state index in [2.05, 4.69) is 4.98 Å². The van der Waals surface area contributed by atoms with Crippen LogP contribution in [0.2, 0.25) is 0 Å². The number of para-hydroxylation sites is 1. The van der Waals surface area contributed by atoms with E-state index in [0.29, 0.717) is 45.0 Å². The Morgan fingerprint density at radius 2 is 1.90 bits per heavy atom. The third-order valence-corrected chi connectivity index (χ3v) is 4.95. The lowest BCUT2D eigenvalue weighted by Gasteiger charge is -2.12. The molecule has 31 heavy (non-hydrogen) atoms. The van der Waals surface area contributed by atoms with Crippen LogP contribution in [0, 0.1) is 12.7 Å². The summed E-state index contributed by atoms with van der Waals surface area (Å²) in [7, 11) is 0. The predicted molar refractivity (Wildman–Crippen MR) is 114 cm³/mol. The van der Waals surface area contributed by atoms with E-state index in [-0.39, 0.29) is 19.6 Å². The van der Waals surface area contributed by atoms with Gasteiger partial charge in [0.1, 0.15) is 23.7 Å². The lowest BCUT2D eigenvalue weighted by Crippen LogP contribution is -2.04. The van der Waals surface area contributed by atoms with Crippen molar-refractivity contribution in [3.8, 4) is 16.9 Å². The summed E-state index contributed by atoms with van der Waals surface area (Å²) in [6.07, 6.45) is -0.139. The first-order valence-corrected chi connectivity index (χ1v) is 9.76. The molecule has 3 aromatic carbocycles. The van der Waals surface area contributed by atoms with Crippen molar-refractivity contribution in [3.63, 3.8) is 0 Å². The molecule has 4 rings (SSSR count). The lowest BCUT2D eigenvalue weighted by molar-refractivity contribution is -0.136. The highest BCUT2D eigenvalue weighted by Gasteiger charge is 2.17. The Kier molecular flexibility index (Phi) is 5.68. The van der Waals surface area contributed by atoms with Crippen LogP contribution >= 0.6 is 0 Å². The second-order valence-electron chi connectivity index (χ2n) is 7.17. The lowest BCUT2D eigenvalue weighted by atomic mass is 9.99. The van der Waals surface area contributed by atoms with Crippen molar-refractivity contribution in [2.45, 2.75) is 26.5 Å². The fraction of sp³-hybridized carbons (Fsp3) is 0.167. The van der Waals surface area contributed by atoms with Gasteiger partial charge in [0.05, 0.1) is 6.42 Å². The van der Waals surface area contributed by atoms with Crippen molar-refractivity contribution in [2.24, 2.45) is 5.73 Å². The maximum absolute atomic E-state index is 15.0. The van der Waals surface area contributed by atoms with E-state index in [0.717, 1.165) is 5.56 Å². The van der Waals surface area contributed by atoms with Crippen LogP contribution < -0.4 is 10.5 Å². The number of ether oxygens (including phenoxy) is 1. The number of aryl methyl sites for hydroxylation is 1. The summed E-state index contributed by atoms with van der Waals surface area (Å²) in [6.45, 7) is 1.97. The van der Waals surface area contributed by atoms with Crippen molar-refractivity contribution in [1.82, 2.24) is 4.98 Å². The summed E-state index contributed by atoms with van der Waals surface area (Å²) < 4.78 is 26.7. The normalized spacial score (nSPS) is 11.1. The second kappa shape index (κ2) is 8.57. The van der Waals surface area contributed by atoms with Crippen molar-refractivity contribution in [1.29, 1.82) is 0 Å². The number of hydrogen-bond acceptors (Lipinski definition) is 5. The summed E-state index contributed by atoms with van der Waals surface area (Å²) in [6, 6.07) is 15.7. The summed E-state index contributed by atoms with van der Waals surface area (Å²) in [5, 5.41) is 9.11. The third kappa shape index (κ3) is 4.27. The SMILES string of the molecule is Cc1nc2cc(COc3ccccc3CC(=O)O)cc(-c3cccc(CN)c3F)c2o1. The van der Waals surface area contributed by atoms with E-state index >= 15 is 4.39 Å². The molecule has 158 valence electrons. The molecule has 7 heteroatoms. The highest BCUT2D eigenvalue weighted by Crippen LogP contribution is 2.34. The minimum atomic E-state index is -0.937. The maximum Gasteiger partial charge on any atom is 0.307 e. The van der Waals surface area contributed by atoms with Crippen molar-refractivity contribution < 1.29 is 23.4 Å². The van der Waals surface area contributed by atoms with Crippen LogP contribution in [0.25, 0.3) is 22.2 Å². The number of benzene rings is 3. The van der Waals surface area contributed by atoms with Crippen molar-refractivity contribution >= 4 is 17.1 Å². The molecule has 0 saturated heterocycles. The molecule has 3 N–H and O–H groups in total. The monoisotopic (exact) mass is 420 g/mol. The molecule has 0 aliphatic heterocycles. The molecule has 0 unspecified atom stereocenters. The molecule has 4 aromatic rings. The number of hydrogen-bond donors (Lipinski definition) is 2. The second-order valence-corrected chi connectivity index (χ2v) is 7.17. The van der Waals surface area contributed by atoms with Gasteiger partial charge in [-0.3, -0.25) is 4.79 Å². The van der Waals surface area contributed by atoms with Gasteiger partial charge in [-0.25, -0.2) is 9.37 Å². The molecule has 6 nitrogen and oxygen atoms in total. The third-order valence-electron chi connectivity index (χ3n) is 4.95. The number of oxazole rings is 1. The van der Waals surface area contributed by atoms with Gasteiger partial charge in [0.25, 0.3) is 0 Å². The number of carboxylic acid groups (broad SMARTS) is 1. The van der Waals surface area contributed by atoms with Crippen LogP contribution in [-0.2, 0) is 24.4 Å².